The van der Waals surface area contributed by atoms with Gasteiger partial charge in [0.05, 0.1) is 12.7 Å². The lowest BCUT2D eigenvalue weighted by molar-refractivity contribution is -0.111. The van der Waals surface area contributed by atoms with E-state index in [1.165, 1.54) is 24.9 Å². The van der Waals surface area contributed by atoms with E-state index in [-0.39, 0.29) is 5.91 Å². The van der Waals surface area contributed by atoms with Gasteiger partial charge in [0, 0.05) is 6.08 Å². The monoisotopic (exact) mass is 332 g/mol. The fourth-order valence-corrected chi connectivity index (χ4v) is 2.20. The van der Waals surface area contributed by atoms with Crippen LogP contribution in [0.4, 0.5) is 5.95 Å². The molecule has 0 spiro atoms. The maximum atomic E-state index is 11.8. The number of rotatable bonds is 6. The lowest BCUT2D eigenvalue weighted by Crippen LogP contribution is -2.09. The minimum Gasteiger partial charge on any atom is -0.465 e. The van der Waals surface area contributed by atoms with Crippen molar-refractivity contribution in [1.82, 2.24) is 15.2 Å². The summed E-state index contributed by atoms with van der Waals surface area (Å²) in [4.78, 5) is 27.2. The molecule has 1 amide bonds. The third-order valence-electron chi connectivity index (χ3n) is 2.74. The van der Waals surface area contributed by atoms with Crippen LogP contribution in [0.3, 0.4) is 0 Å². The van der Waals surface area contributed by atoms with Gasteiger partial charge in [0.2, 0.25) is 11.1 Å². The number of carbonyl (C=O) groups excluding carboxylic acids is 2. The number of carbonyl (C=O) groups is 2. The van der Waals surface area contributed by atoms with Crippen LogP contribution >= 0.6 is 11.8 Å². The first kappa shape index (κ1) is 16.8. The molecule has 0 bridgehead atoms. The maximum absolute atomic E-state index is 11.8. The van der Waals surface area contributed by atoms with E-state index in [1.807, 2.05) is 6.92 Å². The second-order valence-electron chi connectivity index (χ2n) is 4.34. The van der Waals surface area contributed by atoms with E-state index in [2.05, 4.69) is 25.2 Å². The Balaban J connectivity index is 1.93. The van der Waals surface area contributed by atoms with Crippen molar-refractivity contribution in [3.05, 3.63) is 41.5 Å². The molecule has 8 heteroatoms. The summed E-state index contributed by atoms with van der Waals surface area (Å²) in [7, 11) is 1.33. The van der Waals surface area contributed by atoms with E-state index >= 15 is 0 Å². The highest BCUT2D eigenvalue weighted by molar-refractivity contribution is 7.99. The van der Waals surface area contributed by atoms with Crippen LogP contribution in [0.5, 0.6) is 0 Å². The molecule has 120 valence electrons. The molecular formula is C15H16N4O3S. The van der Waals surface area contributed by atoms with Gasteiger partial charge in [0.15, 0.2) is 0 Å². The zero-order valence-corrected chi connectivity index (χ0v) is 13.5. The maximum Gasteiger partial charge on any atom is 0.337 e. The van der Waals surface area contributed by atoms with Crippen LogP contribution in [-0.2, 0) is 9.53 Å². The van der Waals surface area contributed by atoms with E-state index in [0.29, 0.717) is 16.7 Å². The summed E-state index contributed by atoms with van der Waals surface area (Å²) in [6.45, 7) is 1.99. The van der Waals surface area contributed by atoms with Crippen molar-refractivity contribution >= 4 is 35.7 Å². The predicted octanol–water partition coefficient (Wildman–Crippen LogP) is 2.36. The molecule has 0 saturated heterocycles. The van der Waals surface area contributed by atoms with Crippen LogP contribution in [0, 0.1) is 0 Å². The Morgan fingerprint density at radius 3 is 2.74 bits per heavy atom. The Hall–Kier alpha value is -2.61. The van der Waals surface area contributed by atoms with Crippen molar-refractivity contribution in [2.75, 3.05) is 18.2 Å². The van der Waals surface area contributed by atoms with Crippen molar-refractivity contribution in [2.45, 2.75) is 12.1 Å². The molecule has 1 aromatic carbocycles. The molecule has 0 fully saturated rings. The van der Waals surface area contributed by atoms with Gasteiger partial charge in [-0.2, -0.15) is 4.98 Å². The average Bonchev–Trinajstić information content (AvgIpc) is 3.00. The third-order valence-corrected chi connectivity index (χ3v) is 3.47. The van der Waals surface area contributed by atoms with Crippen LogP contribution in [0.1, 0.15) is 22.8 Å². The molecule has 0 aliphatic carbocycles. The number of esters is 1. The summed E-state index contributed by atoms with van der Waals surface area (Å²) >= 11 is 1.48. The number of aromatic amines is 1. The fourth-order valence-electron chi connectivity index (χ4n) is 1.67. The number of hydrogen-bond donors (Lipinski definition) is 2. The van der Waals surface area contributed by atoms with E-state index in [1.54, 1.807) is 30.3 Å². The number of H-pyrrole nitrogens is 1. The van der Waals surface area contributed by atoms with Gasteiger partial charge < -0.3 is 4.74 Å². The zero-order valence-electron chi connectivity index (χ0n) is 12.7. The molecule has 0 aliphatic heterocycles. The zero-order chi connectivity index (χ0) is 16.7. The number of hydrogen-bond acceptors (Lipinski definition) is 6. The summed E-state index contributed by atoms with van der Waals surface area (Å²) in [5, 5.41) is 9.78. The fraction of sp³-hybridized carbons (Fsp3) is 0.200. The molecule has 2 aromatic rings. The Bertz CT molecular complexity index is 710. The number of aromatic nitrogens is 3. The van der Waals surface area contributed by atoms with Gasteiger partial charge in [-0.1, -0.05) is 30.8 Å². The second-order valence-corrected chi connectivity index (χ2v) is 5.57. The molecule has 2 N–H and O–H groups in total. The molecular weight excluding hydrogens is 316 g/mol. The number of anilines is 1. The molecule has 1 heterocycles. The minimum atomic E-state index is -0.399. The molecule has 0 aliphatic rings. The van der Waals surface area contributed by atoms with Crippen LogP contribution in [0.2, 0.25) is 0 Å². The molecule has 7 nitrogen and oxygen atoms in total. The summed E-state index contributed by atoms with van der Waals surface area (Å²) in [6, 6.07) is 6.71. The van der Waals surface area contributed by atoms with Gasteiger partial charge in [-0.3, -0.25) is 10.1 Å². The standard InChI is InChI=1S/C15H16N4O3S/c1-3-23-15-17-14(18-19-15)16-12(20)9-6-10-4-7-11(8-5-10)13(21)22-2/h4-9H,3H2,1-2H3,(H2,16,17,18,19,20)/b9-6+. The predicted molar refractivity (Wildman–Crippen MR) is 88.2 cm³/mol. The SMILES string of the molecule is CCSc1n[nH]c(NC(=O)/C=C/c2ccc(C(=O)OC)cc2)n1. The molecule has 0 unspecified atom stereocenters. The summed E-state index contributed by atoms with van der Waals surface area (Å²) in [5.74, 6) is 0.430. The van der Waals surface area contributed by atoms with Gasteiger partial charge in [0.1, 0.15) is 0 Å². The Kier molecular flexibility index (Phi) is 5.93. The first-order valence-electron chi connectivity index (χ1n) is 6.85. The van der Waals surface area contributed by atoms with E-state index < -0.39 is 5.97 Å². The number of amides is 1. The first-order chi connectivity index (χ1) is 11.1. The highest BCUT2D eigenvalue weighted by atomic mass is 32.2. The molecule has 0 radical (unpaired) electrons. The Morgan fingerprint density at radius 2 is 2.09 bits per heavy atom. The van der Waals surface area contributed by atoms with Crippen molar-refractivity contribution in [1.29, 1.82) is 0 Å². The summed E-state index contributed by atoms with van der Waals surface area (Å²) < 4.78 is 4.62. The minimum absolute atomic E-state index is 0.302. The topological polar surface area (TPSA) is 97.0 Å². The molecule has 0 saturated carbocycles. The average molecular weight is 332 g/mol. The quantitative estimate of drug-likeness (QED) is 0.479. The number of nitrogens with zero attached hydrogens (tertiary/aromatic N) is 2. The lowest BCUT2D eigenvalue weighted by atomic mass is 10.1. The highest BCUT2D eigenvalue weighted by Crippen LogP contribution is 2.13. The number of ether oxygens (including phenoxy) is 1. The van der Waals surface area contributed by atoms with Crippen LogP contribution in [0.25, 0.3) is 6.08 Å². The van der Waals surface area contributed by atoms with E-state index in [4.69, 9.17) is 0 Å². The smallest absolute Gasteiger partial charge is 0.337 e. The number of thioether (sulfide) groups is 1. The Morgan fingerprint density at radius 1 is 1.35 bits per heavy atom. The third kappa shape index (κ3) is 4.96. The van der Waals surface area contributed by atoms with Crippen molar-refractivity contribution < 1.29 is 14.3 Å². The molecule has 1 aromatic heterocycles. The van der Waals surface area contributed by atoms with Crippen LogP contribution < -0.4 is 5.32 Å². The Labute approximate surface area is 137 Å². The van der Waals surface area contributed by atoms with Gasteiger partial charge in [-0.15, -0.1) is 5.10 Å². The summed E-state index contributed by atoms with van der Waals surface area (Å²) in [6.07, 6.45) is 3.01. The van der Waals surface area contributed by atoms with Gasteiger partial charge >= 0.3 is 5.97 Å². The normalized spacial score (nSPS) is 10.7. The number of benzene rings is 1. The van der Waals surface area contributed by atoms with Crippen molar-refractivity contribution in [3.8, 4) is 0 Å². The van der Waals surface area contributed by atoms with Crippen LogP contribution in [-0.4, -0.2) is 39.9 Å². The van der Waals surface area contributed by atoms with Crippen molar-refractivity contribution in [2.24, 2.45) is 0 Å². The largest absolute Gasteiger partial charge is 0.465 e. The molecule has 0 atom stereocenters. The molecule has 2 rings (SSSR count). The summed E-state index contributed by atoms with van der Waals surface area (Å²) in [5.41, 5.74) is 1.24. The van der Waals surface area contributed by atoms with E-state index in [0.717, 1.165) is 11.3 Å². The van der Waals surface area contributed by atoms with Gasteiger partial charge in [-0.25, -0.2) is 9.89 Å². The number of methoxy groups -OCH3 is 1. The lowest BCUT2D eigenvalue weighted by Gasteiger charge is -1.99. The highest BCUT2D eigenvalue weighted by Gasteiger charge is 2.05. The second kappa shape index (κ2) is 8.14. The van der Waals surface area contributed by atoms with Crippen LogP contribution in [0.15, 0.2) is 35.5 Å². The number of nitrogens with one attached hydrogen (secondary N) is 2. The van der Waals surface area contributed by atoms with E-state index in [9.17, 15) is 9.59 Å². The molecule has 23 heavy (non-hydrogen) atoms. The first-order valence-corrected chi connectivity index (χ1v) is 7.83. The van der Waals surface area contributed by atoms with Gasteiger partial charge in [0.25, 0.3) is 5.91 Å². The van der Waals surface area contributed by atoms with Crippen molar-refractivity contribution in [3.63, 3.8) is 0 Å². The van der Waals surface area contributed by atoms with Gasteiger partial charge in [-0.05, 0) is 29.5 Å².